The van der Waals surface area contributed by atoms with Gasteiger partial charge in [-0.3, -0.25) is 4.79 Å². The summed E-state index contributed by atoms with van der Waals surface area (Å²) in [4.78, 5) is 12.8. The number of rotatable bonds is 8. The van der Waals surface area contributed by atoms with Gasteiger partial charge in [-0.25, -0.2) is 0 Å². The third-order valence-corrected chi connectivity index (χ3v) is 2.75. The van der Waals surface area contributed by atoms with Crippen LogP contribution in [0.1, 0.15) is 18.4 Å². The van der Waals surface area contributed by atoms with Crippen molar-refractivity contribution in [1.29, 1.82) is 0 Å². The second kappa shape index (κ2) is 7.71. The summed E-state index contributed by atoms with van der Waals surface area (Å²) < 4.78 is 4.99. The summed E-state index contributed by atoms with van der Waals surface area (Å²) in [5.74, 6) is -0.803. The van der Waals surface area contributed by atoms with Crippen LogP contribution in [0.4, 0.5) is 5.69 Å². The van der Waals surface area contributed by atoms with Crippen molar-refractivity contribution in [1.82, 2.24) is 0 Å². The molecule has 1 N–H and O–H groups in total. The first-order valence-corrected chi connectivity index (χ1v) is 6.16. The summed E-state index contributed by atoms with van der Waals surface area (Å²) in [6, 6.07) is 7.93. The highest BCUT2D eigenvalue weighted by Gasteiger charge is 2.10. The first kappa shape index (κ1) is 14.5. The van der Waals surface area contributed by atoms with Gasteiger partial charge in [0, 0.05) is 25.9 Å². The Morgan fingerprint density at radius 1 is 1.28 bits per heavy atom. The molecular weight excluding hydrogens is 230 g/mol. The molecule has 0 saturated heterocycles. The van der Waals surface area contributed by atoms with Crippen LogP contribution >= 0.6 is 0 Å². The molecule has 0 aliphatic carbocycles. The van der Waals surface area contributed by atoms with Crippen LogP contribution < -0.4 is 4.90 Å². The molecule has 0 aliphatic rings. The van der Waals surface area contributed by atoms with Crippen LogP contribution in [-0.4, -0.2) is 37.9 Å². The van der Waals surface area contributed by atoms with Crippen molar-refractivity contribution in [2.75, 3.05) is 31.7 Å². The first-order chi connectivity index (χ1) is 8.63. The van der Waals surface area contributed by atoms with Crippen LogP contribution in [0.15, 0.2) is 24.3 Å². The van der Waals surface area contributed by atoms with E-state index in [0.29, 0.717) is 0 Å². The number of aryl methyl sites for hydroxylation is 1. The number of hydrogen-bond acceptors (Lipinski definition) is 3. The quantitative estimate of drug-likeness (QED) is 0.720. The lowest BCUT2D eigenvalue weighted by atomic mass is 10.2. The van der Waals surface area contributed by atoms with E-state index in [9.17, 15) is 4.79 Å². The van der Waals surface area contributed by atoms with Crippen molar-refractivity contribution in [2.24, 2.45) is 0 Å². The van der Waals surface area contributed by atoms with Gasteiger partial charge in [0.15, 0.2) is 0 Å². The fourth-order valence-corrected chi connectivity index (χ4v) is 1.77. The van der Waals surface area contributed by atoms with Gasteiger partial charge in [-0.05, 0) is 31.9 Å². The van der Waals surface area contributed by atoms with E-state index in [1.807, 2.05) is 36.1 Å². The van der Waals surface area contributed by atoms with E-state index in [1.165, 1.54) is 5.56 Å². The highest BCUT2D eigenvalue weighted by atomic mass is 16.5. The van der Waals surface area contributed by atoms with Crippen molar-refractivity contribution in [3.63, 3.8) is 0 Å². The van der Waals surface area contributed by atoms with E-state index in [0.717, 1.165) is 31.7 Å². The number of hydrogen-bond donors (Lipinski definition) is 1. The number of unbranched alkanes of at least 4 members (excludes halogenated alkanes) is 1. The maximum Gasteiger partial charge on any atom is 0.323 e. The number of carboxylic acids is 1. The molecule has 1 aromatic carbocycles. The van der Waals surface area contributed by atoms with Gasteiger partial charge in [0.1, 0.15) is 6.54 Å². The summed E-state index contributed by atoms with van der Waals surface area (Å²) in [5, 5.41) is 8.94. The summed E-state index contributed by atoms with van der Waals surface area (Å²) in [5.41, 5.74) is 2.13. The second-order valence-electron chi connectivity index (χ2n) is 4.35. The topological polar surface area (TPSA) is 49.8 Å². The number of nitrogens with zero attached hydrogens (tertiary/aromatic N) is 1. The Labute approximate surface area is 108 Å². The molecule has 0 heterocycles. The van der Waals surface area contributed by atoms with Crippen LogP contribution in [0.3, 0.4) is 0 Å². The maximum absolute atomic E-state index is 10.9. The van der Waals surface area contributed by atoms with Crippen LogP contribution in [0.5, 0.6) is 0 Å². The van der Waals surface area contributed by atoms with Crippen LogP contribution in [0, 0.1) is 6.92 Å². The molecule has 0 aromatic heterocycles. The Morgan fingerprint density at radius 2 is 1.94 bits per heavy atom. The summed E-state index contributed by atoms with van der Waals surface area (Å²) in [6.07, 6.45) is 1.87. The van der Waals surface area contributed by atoms with E-state index < -0.39 is 5.97 Å². The molecule has 0 saturated carbocycles. The van der Waals surface area contributed by atoms with Crippen molar-refractivity contribution in [3.8, 4) is 0 Å². The van der Waals surface area contributed by atoms with Crippen molar-refractivity contribution >= 4 is 11.7 Å². The highest BCUT2D eigenvalue weighted by molar-refractivity contribution is 5.73. The zero-order chi connectivity index (χ0) is 13.4. The molecule has 100 valence electrons. The Kier molecular flexibility index (Phi) is 6.22. The number of ether oxygens (including phenoxy) is 1. The van der Waals surface area contributed by atoms with Crippen LogP contribution in [-0.2, 0) is 9.53 Å². The van der Waals surface area contributed by atoms with E-state index in [4.69, 9.17) is 9.84 Å². The standard InChI is InChI=1S/C14H21NO3/c1-12-5-7-13(8-6-12)15(11-14(16)17)9-3-4-10-18-2/h5-8H,3-4,9-11H2,1-2H3,(H,16,17). The lowest BCUT2D eigenvalue weighted by Crippen LogP contribution is -2.30. The van der Waals surface area contributed by atoms with Gasteiger partial charge in [-0.1, -0.05) is 17.7 Å². The second-order valence-corrected chi connectivity index (χ2v) is 4.35. The predicted molar refractivity (Wildman–Crippen MR) is 72.1 cm³/mol. The lowest BCUT2D eigenvalue weighted by Gasteiger charge is -2.23. The summed E-state index contributed by atoms with van der Waals surface area (Å²) in [7, 11) is 1.68. The largest absolute Gasteiger partial charge is 0.480 e. The summed E-state index contributed by atoms with van der Waals surface area (Å²) >= 11 is 0. The average molecular weight is 251 g/mol. The first-order valence-electron chi connectivity index (χ1n) is 6.16. The Morgan fingerprint density at radius 3 is 2.50 bits per heavy atom. The number of carbonyl (C=O) groups is 1. The Balaban J connectivity index is 2.59. The Hall–Kier alpha value is -1.55. The smallest absolute Gasteiger partial charge is 0.323 e. The third kappa shape index (κ3) is 5.19. The normalized spacial score (nSPS) is 10.3. The van der Waals surface area contributed by atoms with Crippen molar-refractivity contribution < 1.29 is 14.6 Å². The van der Waals surface area contributed by atoms with E-state index >= 15 is 0 Å². The van der Waals surface area contributed by atoms with Gasteiger partial charge in [-0.15, -0.1) is 0 Å². The van der Waals surface area contributed by atoms with Gasteiger partial charge in [0.25, 0.3) is 0 Å². The van der Waals surface area contributed by atoms with Gasteiger partial charge in [-0.2, -0.15) is 0 Å². The number of aliphatic carboxylic acids is 1. The molecule has 0 spiro atoms. The van der Waals surface area contributed by atoms with E-state index in [2.05, 4.69) is 0 Å². The molecule has 0 fully saturated rings. The molecule has 0 atom stereocenters. The van der Waals surface area contributed by atoms with E-state index in [1.54, 1.807) is 7.11 Å². The number of methoxy groups -OCH3 is 1. The lowest BCUT2D eigenvalue weighted by molar-refractivity contribution is -0.135. The number of benzene rings is 1. The average Bonchev–Trinajstić information content (AvgIpc) is 2.34. The SMILES string of the molecule is COCCCCN(CC(=O)O)c1ccc(C)cc1. The molecule has 0 bridgehead atoms. The molecule has 0 aliphatic heterocycles. The fourth-order valence-electron chi connectivity index (χ4n) is 1.77. The third-order valence-electron chi connectivity index (χ3n) is 2.75. The minimum Gasteiger partial charge on any atom is -0.480 e. The molecule has 0 unspecified atom stereocenters. The number of carboxylic acid groups (broad SMARTS) is 1. The Bertz CT molecular complexity index is 362. The molecule has 0 amide bonds. The molecule has 1 rings (SSSR count). The number of anilines is 1. The minimum atomic E-state index is -0.803. The van der Waals surface area contributed by atoms with Crippen LogP contribution in [0.25, 0.3) is 0 Å². The van der Waals surface area contributed by atoms with Crippen LogP contribution in [0.2, 0.25) is 0 Å². The molecule has 0 radical (unpaired) electrons. The summed E-state index contributed by atoms with van der Waals surface area (Å²) in [6.45, 7) is 3.51. The zero-order valence-electron chi connectivity index (χ0n) is 11.1. The molecular formula is C14H21NO3. The molecule has 1 aromatic rings. The predicted octanol–water partition coefficient (Wildman–Crippen LogP) is 2.31. The van der Waals surface area contributed by atoms with Gasteiger partial charge < -0.3 is 14.7 Å². The molecule has 4 heteroatoms. The van der Waals surface area contributed by atoms with E-state index in [-0.39, 0.29) is 6.54 Å². The highest BCUT2D eigenvalue weighted by Crippen LogP contribution is 2.15. The zero-order valence-corrected chi connectivity index (χ0v) is 11.1. The van der Waals surface area contributed by atoms with Gasteiger partial charge >= 0.3 is 5.97 Å². The monoisotopic (exact) mass is 251 g/mol. The van der Waals surface area contributed by atoms with Crippen molar-refractivity contribution in [2.45, 2.75) is 19.8 Å². The maximum atomic E-state index is 10.9. The molecule has 4 nitrogen and oxygen atoms in total. The van der Waals surface area contributed by atoms with Gasteiger partial charge in [0.05, 0.1) is 0 Å². The van der Waals surface area contributed by atoms with Crippen molar-refractivity contribution in [3.05, 3.63) is 29.8 Å². The fraction of sp³-hybridized carbons (Fsp3) is 0.500. The van der Waals surface area contributed by atoms with Gasteiger partial charge in [0.2, 0.25) is 0 Å². The minimum absolute atomic E-state index is 0.0377. The molecule has 18 heavy (non-hydrogen) atoms.